The van der Waals surface area contributed by atoms with E-state index >= 15 is 0 Å². The highest BCUT2D eigenvalue weighted by molar-refractivity contribution is 5.90. The van der Waals surface area contributed by atoms with Gasteiger partial charge in [-0.15, -0.1) is 0 Å². The molecule has 0 aromatic carbocycles. The normalized spacial score (nSPS) is 29.6. The smallest absolute Gasteiger partial charge is 0.326 e. The van der Waals surface area contributed by atoms with Crippen LogP contribution in [0.25, 0.3) is 11.0 Å². The third kappa shape index (κ3) is 1.20. The molecule has 1 aliphatic carbocycles. The van der Waals surface area contributed by atoms with Crippen LogP contribution >= 0.6 is 0 Å². The first-order valence-electron chi connectivity index (χ1n) is 6.03. The van der Waals surface area contributed by atoms with Gasteiger partial charge in [0.25, 0.3) is 0 Å². The van der Waals surface area contributed by atoms with Gasteiger partial charge in [-0.25, -0.2) is 14.8 Å². The maximum atomic E-state index is 11.4. The second-order valence-electron chi connectivity index (χ2n) is 5.03. The van der Waals surface area contributed by atoms with Gasteiger partial charge in [-0.2, -0.15) is 0 Å². The highest BCUT2D eigenvalue weighted by Crippen LogP contribution is 2.51. The zero-order valence-corrected chi connectivity index (χ0v) is 9.58. The fraction of sp³-hybridized carbons (Fsp3) is 0.417. The van der Waals surface area contributed by atoms with E-state index in [1.807, 2.05) is 11.0 Å². The number of aliphatic carboxylic acids is 1. The standard InChI is InChI=1S/C12H12N4O2/c17-12(18)9-8-3-6(8)4-16(9)11-7-1-2-13-10(7)14-5-15-11/h1-2,5-6,8-9H,3-4H2,(H,17,18)(H,13,14,15)/t6-,8-,9+/m1/s1. The number of anilines is 1. The first-order valence-corrected chi connectivity index (χ1v) is 6.03. The molecular formula is C12H12N4O2. The Balaban J connectivity index is 1.83. The summed E-state index contributed by atoms with van der Waals surface area (Å²) in [5.41, 5.74) is 0.754. The molecular weight excluding hydrogens is 232 g/mol. The summed E-state index contributed by atoms with van der Waals surface area (Å²) in [6.45, 7) is 0.791. The number of carbonyl (C=O) groups is 1. The number of carboxylic acids is 1. The number of piperidine rings is 1. The second kappa shape index (κ2) is 3.22. The first kappa shape index (κ1) is 9.87. The molecule has 2 N–H and O–H groups in total. The SMILES string of the molecule is O=C(O)[C@@H]1[C@@H]2C[C@@H]2CN1c1ncnc2[nH]ccc12. The Kier molecular flexibility index (Phi) is 1.76. The molecule has 2 aliphatic rings. The summed E-state index contributed by atoms with van der Waals surface area (Å²) >= 11 is 0. The van der Waals surface area contributed by atoms with E-state index < -0.39 is 12.0 Å². The summed E-state index contributed by atoms with van der Waals surface area (Å²) in [5, 5.41) is 10.3. The van der Waals surface area contributed by atoms with E-state index in [-0.39, 0.29) is 0 Å². The number of nitrogens with zero attached hydrogens (tertiary/aromatic N) is 3. The summed E-state index contributed by atoms with van der Waals surface area (Å²) < 4.78 is 0. The number of aromatic nitrogens is 3. The van der Waals surface area contributed by atoms with Gasteiger partial charge in [-0.05, 0) is 24.3 Å². The molecule has 1 saturated carbocycles. The minimum Gasteiger partial charge on any atom is -0.480 e. The fourth-order valence-corrected chi connectivity index (χ4v) is 3.09. The number of fused-ring (bicyclic) bond motifs is 2. The molecule has 0 amide bonds. The minimum absolute atomic E-state index is 0.298. The molecule has 4 rings (SSSR count). The molecule has 1 aliphatic heterocycles. The van der Waals surface area contributed by atoms with Crippen molar-refractivity contribution in [3.05, 3.63) is 18.6 Å². The van der Waals surface area contributed by atoms with Crippen LogP contribution in [0.1, 0.15) is 6.42 Å². The van der Waals surface area contributed by atoms with Gasteiger partial charge in [-0.3, -0.25) is 0 Å². The topological polar surface area (TPSA) is 82.1 Å². The van der Waals surface area contributed by atoms with Crippen LogP contribution in [0.5, 0.6) is 0 Å². The van der Waals surface area contributed by atoms with Gasteiger partial charge in [0.1, 0.15) is 23.8 Å². The molecule has 3 atom stereocenters. The monoisotopic (exact) mass is 244 g/mol. The van der Waals surface area contributed by atoms with Crippen LogP contribution in [0.4, 0.5) is 5.82 Å². The van der Waals surface area contributed by atoms with Crippen LogP contribution in [-0.2, 0) is 4.79 Å². The zero-order valence-electron chi connectivity index (χ0n) is 9.58. The van der Waals surface area contributed by atoms with Gasteiger partial charge < -0.3 is 15.0 Å². The molecule has 2 aromatic heterocycles. The first-order chi connectivity index (χ1) is 8.75. The number of hydrogen-bond donors (Lipinski definition) is 2. The lowest BCUT2D eigenvalue weighted by Gasteiger charge is -2.25. The fourth-order valence-electron chi connectivity index (χ4n) is 3.09. The van der Waals surface area contributed by atoms with Crippen molar-refractivity contribution in [3.63, 3.8) is 0 Å². The van der Waals surface area contributed by atoms with Crippen molar-refractivity contribution >= 4 is 22.8 Å². The van der Waals surface area contributed by atoms with Crippen molar-refractivity contribution in [2.75, 3.05) is 11.4 Å². The second-order valence-corrected chi connectivity index (χ2v) is 5.03. The van der Waals surface area contributed by atoms with Crippen molar-refractivity contribution in [1.82, 2.24) is 15.0 Å². The lowest BCUT2D eigenvalue weighted by Crippen LogP contribution is -2.40. The molecule has 18 heavy (non-hydrogen) atoms. The van der Waals surface area contributed by atoms with E-state index in [0.717, 1.165) is 29.8 Å². The summed E-state index contributed by atoms with van der Waals surface area (Å²) in [5.74, 6) is 0.810. The average Bonchev–Trinajstić information content (AvgIpc) is 2.82. The number of nitrogens with one attached hydrogen (secondary N) is 1. The van der Waals surface area contributed by atoms with Gasteiger partial charge in [0, 0.05) is 12.7 Å². The van der Waals surface area contributed by atoms with Crippen LogP contribution in [-0.4, -0.2) is 38.6 Å². The molecule has 6 heteroatoms. The number of H-pyrrole nitrogens is 1. The molecule has 1 saturated heterocycles. The van der Waals surface area contributed by atoms with Gasteiger partial charge in [0.05, 0.1) is 5.39 Å². The van der Waals surface area contributed by atoms with E-state index in [2.05, 4.69) is 15.0 Å². The van der Waals surface area contributed by atoms with Crippen LogP contribution in [0.15, 0.2) is 18.6 Å². The maximum Gasteiger partial charge on any atom is 0.326 e. The molecule has 92 valence electrons. The van der Waals surface area contributed by atoms with E-state index in [9.17, 15) is 9.90 Å². The largest absolute Gasteiger partial charge is 0.480 e. The van der Waals surface area contributed by atoms with Crippen LogP contribution in [0.3, 0.4) is 0 Å². The van der Waals surface area contributed by atoms with Crippen LogP contribution in [0, 0.1) is 11.8 Å². The van der Waals surface area contributed by atoms with Crippen molar-refractivity contribution < 1.29 is 9.90 Å². The number of rotatable bonds is 2. The zero-order chi connectivity index (χ0) is 12.3. The average molecular weight is 244 g/mol. The van der Waals surface area contributed by atoms with Crippen molar-refractivity contribution in [2.24, 2.45) is 11.8 Å². The molecule has 3 heterocycles. The number of carboxylic acid groups (broad SMARTS) is 1. The van der Waals surface area contributed by atoms with E-state index in [0.29, 0.717) is 11.8 Å². The van der Waals surface area contributed by atoms with E-state index in [4.69, 9.17) is 0 Å². The van der Waals surface area contributed by atoms with Gasteiger partial charge in [0.15, 0.2) is 0 Å². The van der Waals surface area contributed by atoms with Crippen molar-refractivity contribution in [1.29, 1.82) is 0 Å². The molecule has 0 unspecified atom stereocenters. The predicted octanol–water partition coefficient (Wildman–Crippen LogP) is 0.867. The van der Waals surface area contributed by atoms with Gasteiger partial charge in [-0.1, -0.05) is 0 Å². The molecule has 0 bridgehead atoms. The third-order valence-electron chi connectivity index (χ3n) is 4.01. The Bertz CT molecular complexity index is 638. The third-order valence-corrected chi connectivity index (χ3v) is 4.01. The molecule has 2 fully saturated rings. The Labute approximate surface area is 103 Å². The molecule has 0 spiro atoms. The maximum absolute atomic E-state index is 11.4. The van der Waals surface area contributed by atoms with Gasteiger partial charge >= 0.3 is 5.97 Å². The highest BCUT2D eigenvalue weighted by Gasteiger charge is 2.56. The minimum atomic E-state index is -0.748. The predicted molar refractivity (Wildman–Crippen MR) is 64.3 cm³/mol. The summed E-state index contributed by atoms with van der Waals surface area (Å²) in [6.07, 6.45) is 4.32. The van der Waals surface area contributed by atoms with Gasteiger partial charge in [0.2, 0.25) is 0 Å². The quantitative estimate of drug-likeness (QED) is 0.819. The number of hydrogen-bond acceptors (Lipinski definition) is 4. The van der Waals surface area contributed by atoms with Crippen molar-refractivity contribution in [3.8, 4) is 0 Å². The summed E-state index contributed by atoms with van der Waals surface area (Å²) in [7, 11) is 0. The Morgan fingerprint density at radius 1 is 1.50 bits per heavy atom. The Morgan fingerprint density at radius 3 is 3.22 bits per heavy atom. The van der Waals surface area contributed by atoms with Crippen LogP contribution in [0.2, 0.25) is 0 Å². The molecule has 0 radical (unpaired) electrons. The lowest BCUT2D eigenvalue weighted by molar-refractivity contribution is -0.138. The Hall–Kier alpha value is -2.11. The molecule has 2 aromatic rings. The highest BCUT2D eigenvalue weighted by atomic mass is 16.4. The number of aromatic amines is 1. The summed E-state index contributed by atoms with van der Waals surface area (Å²) in [4.78, 5) is 24.8. The molecule has 6 nitrogen and oxygen atoms in total. The Morgan fingerprint density at radius 2 is 2.39 bits per heavy atom. The van der Waals surface area contributed by atoms with Crippen LogP contribution < -0.4 is 4.90 Å². The van der Waals surface area contributed by atoms with Crippen molar-refractivity contribution in [2.45, 2.75) is 12.5 Å². The van der Waals surface area contributed by atoms with E-state index in [1.165, 1.54) is 6.33 Å². The lowest BCUT2D eigenvalue weighted by atomic mass is 10.2. The summed E-state index contributed by atoms with van der Waals surface area (Å²) in [6, 6.07) is 1.47. The van der Waals surface area contributed by atoms with E-state index in [1.54, 1.807) is 6.20 Å².